The predicted octanol–water partition coefficient (Wildman–Crippen LogP) is 8.76. The van der Waals surface area contributed by atoms with Crippen molar-refractivity contribution in [3.63, 3.8) is 0 Å². The van der Waals surface area contributed by atoms with Crippen molar-refractivity contribution < 1.29 is 9.59 Å². The molecule has 0 aromatic carbocycles. The third-order valence-electron chi connectivity index (χ3n) is 7.44. The molecule has 0 heterocycles. The molecule has 38 heavy (non-hydrogen) atoms. The van der Waals surface area contributed by atoms with E-state index in [9.17, 15) is 9.59 Å². The Bertz CT molecular complexity index is 505. The van der Waals surface area contributed by atoms with Crippen molar-refractivity contribution in [1.82, 2.24) is 10.6 Å². The first-order valence-corrected chi connectivity index (χ1v) is 16.4. The summed E-state index contributed by atoms with van der Waals surface area (Å²) in [5.74, 6) is -0.0161. The molecule has 0 aromatic heterocycles. The van der Waals surface area contributed by atoms with Gasteiger partial charge in [0, 0.05) is 13.0 Å². The monoisotopic (exact) mass is 559 g/mol. The van der Waals surface area contributed by atoms with Gasteiger partial charge in [-0.3, -0.25) is 9.59 Å². The molecule has 0 aromatic rings. The van der Waals surface area contributed by atoms with Crippen molar-refractivity contribution in [1.29, 1.82) is 0 Å². The fourth-order valence-corrected chi connectivity index (χ4v) is 4.93. The molecule has 6 heteroatoms. The van der Waals surface area contributed by atoms with E-state index in [0.717, 1.165) is 38.5 Å². The van der Waals surface area contributed by atoms with Gasteiger partial charge in [0.2, 0.25) is 11.8 Å². The fourth-order valence-electron chi connectivity index (χ4n) is 4.93. The van der Waals surface area contributed by atoms with Crippen LogP contribution < -0.4 is 16.4 Å². The first kappa shape index (κ1) is 39.3. The molecule has 2 amide bonds. The SMILES string of the molecule is CCCCCCCCCCCCCCCCCC(=O)NC(CCCCN)C(=O)NCCCCCCCC.Cl. The van der Waals surface area contributed by atoms with Crippen LogP contribution in [0.4, 0.5) is 0 Å². The number of halogens is 1. The largest absolute Gasteiger partial charge is 0.354 e. The van der Waals surface area contributed by atoms with E-state index in [4.69, 9.17) is 5.73 Å². The average Bonchev–Trinajstić information content (AvgIpc) is 2.89. The predicted molar refractivity (Wildman–Crippen MR) is 168 cm³/mol. The molecule has 0 aliphatic rings. The van der Waals surface area contributed by atoms with Crippen LogP contribution in [0.3, 0.4) is 0 Å². The molecule has 1 unspecified atom stereocenters. The third kappa shape index (κ3) is 28.2. The molecule has 0 spiro atoms. The van der Waals surface area contributed by atoms with E-state index in [1.165, 1.54) is 109 Å². The number of unbranched alkanes of at least 4 members (excludes halogenated alkanes) is 20. The highest BCUT2D eigenvalue weighted by molar-refractivity contribution is 5.87. The highest BCUT2D eigenvalue weighted by Crippen LogP contribution is 2.14. The Morgan fingerprint density at radius 1 is 0.579 bits per heavy atom. The molecule has 0 radical (unpaired) electrons. The van der Waals surface area contributed by atoms with Crippen LogP contribution in [0.2, 0.25) is 0 Å². The molecule has 0 rings (SSSR count). The maximum atomic E-state index is 12.7. The van der Waals surface area contributed by atoms with Gasteiger partial charge in [0.15, 0.2) is 0 Å². The van der Waals surface area contributed by atoms with Crippen LogP contribution >= 0.6 is 12.4 Å². The van der Waals surface area contributed by atoms with E-state index in [-0.39, 0.29) is 24.2 Å². The Labute approximate surface area is 243 Å². The van der Waals surface area contributed by atoms with Crippen molar-refractivity contribution in [2.45, 2.75) is 180 Å². The number of carbonyl (C=O) groups excluding carboxylic acids is 2. The highest BCUT2D eigenvalue weighted by atomic mass is 35.5. The molecule has 0 aliphatic heterocycles. The second-order valence-corrected chi connectivity index (χ2v) is 11.2. The number of hydrogen-bond donors (Lipinski definition) is 3. The zero-order chi connectivity index (χ0) is 27.2. The van der Waals surface area contributed by atoms with Gasteiger partial charge in [-0.25, -0.2) is 0 Å². The van der Waals surface area contributed by atoms with Gasteiger partial charge < -0.3 is 16.4 Å². The van der Waals surface area contributed by atoms with Gasteiger partial charge >= 0.3 is 0 Å². The third-order valence-corrected chi connectivity index (χ3v) is 7.44. The maximum absolute atomic E-state index is 12.7. The molecule has 0 bridgehead atoms. The van der Waals surface area contributed by atoms with Gasteiger partial charge in [0.05, 0.1) is 0 Å². The van der Waals surface area contributed by atoms with Crippen LogP contribution in [0.1, 0.15) is 174 Å². The van der Waals surface area contributed by atoms with E-state index in [1.54, 1.807) is 0 Å². The Hall–Kier alpha value is -0.810. The molecule has 5 nitrogen and oxygen atoms in total. The Morgan fingerprint density at radius 3 is 1.45 bits per heavy atom. The number of rotatable bonds is 29. The normalized spacial score (nSPS) is 11.7. The van der Waals surface area contributed by atoms with E-state index >= 15 is 0 Å². The van der Waals surface area contributed by atoms with Crippen LogP contribution in [-0.2, 0) is 9.59 Å². The topological polar surface area (TPSA) is 84.2 Å². The van der Waals surface area contributed by atoms with E-state index in [2.05, 4.69) is 24.5 Å². The molecular formula is C32H66ClN3O2. The standard InChI is InChI=1S/C32H65N3O2.ClH/c1-3-5-7-9-11-12-13-14-15-16-17-18-19-20-22-27-31(36)35-30(26-23-24-28-33)32(37)34-29-25-21-10-8-6-4-2;/h30H,3-29,33H2,1-2H3,(H,34,37)(H,35,36);1H. The zero-order valence-electron chi connectivity index (χ0n) is 25.5. The lowest BCUT2D eigenvalue weighted by atomic mass is 10.0. The van der Waals surface area contributed by atoms with E-state index in [0.29, 0.717) is 25.9 Å². The van der Waals surface area contributed by atoms with Crippen molar-refractivity contribution in [2.75, 3.05) is 13.1 Å². The number of nitrogens with one attached hydrogen (secondary N) is 2. The summed E-state index contributed by atoms with van der Waals surface area (Å²) in [5, 5.41) is 6.05. The minimum atomic E-state index is -0.421. The lowest BCUT2D eigenvalue weighted by Crippen LogP contribution is -2.47. The average molecular weight is 560 g/mol. The molecule has 0 aliphatic carbocycles. The van der Waals surface area contributed by atoms with Crippen molar-refractivity contribution in [2.24, 2.45) is 5.73 Å². The summed E-state index contributed by atoms with van der Waals surface area (Å²) in [4.78, 5) is 25.1. The van der Waals surface area contributed by atoms with Crippen LogP contribution in [-0.4, -0.2) is 30.9 Å². The van der Waals surface area contributed by atoms with Gasteiger partial charge in [-0.15, -0.1) is 12.4 Å². The van der Waals surface area contributed by atoms with Crippen LogP contribution in [0.15, 0.2) is 0 Å². The Balaban J connectivity index is 0. The molecule has 0 fully saturated rings. The molecule has 228 valence electrons. The minimum Gasteiger partial charge on any atom is -0.354 e. The number of amides is 2. The van der Waals surface area contributed by atoms with Gasteiger partial charge in [-0.05, 0) is 38.6 Å². The van der Waals surface area contributed by atoms with Crippen LogP contribution in [0.5, 0.6) is 0 Å². The molecular weight excluding hydrogens is 494 g/mol. The van der Waals surface area contributed by atoms with Gasteiger partial charge in [-0.2, -0.15) is 0 Å². The Kier molecular flexibility index (Phi) is 33.5. The quantitative estimate of drug-likeness (QED) is 0.0800. The van der Waals surface area contributed by atoms with E-state index in [1.807, 2.05) is 0 Å². The van der Waals surface area contributed by atoms with Crippen LogP contribution in [0.25, 0.3) is 0 Å². The van der Waals surface area contributed by atoms with Gasteiger partial charge in [-0.1, -0.05) is 136 Å². The van der Waals surface area contributed by atoms with Crippen LogP contribution in [0, 0.1) is 0 Å². The van der Waals surface area contributed by atoms with Crippen molar-refractivity contribution in [3.05, 3.63) is 0 Å². The van der Waals surface area contributed by atoms with Gasteiger partial charge in [0.1, 0.15) is 6.04 Å². The molecule has 0 saturated heterocycles. The van der Waals surface area contributed by atoms with Gasteiger partial charge in [0.25, 0.3) is 0 Å². The maximum Gasteiger partial charge on any atom is 0.242 e. The minimum absolute atomic E-state index is 0. The van der Waals surface area contributed by atoms with Crippen molar-refractivity contribution in [3.8, 4) is 0 Å². The first-order valence-electron chi connectivity index (χ1n) is 16.4. The summed E-state index contributed by atoms with van der Waals surface area (Å²) in [6, 6.07) is -0.421. The summed E-state index contributed by atoms with van der Waals surface area (Å²) < 4.78 is 0. The van der Waals surface area contributed by atoms with E-state index < -0.39 is 6.04 Å². The lowest BCUT2D eigenvalue weighted by molar-refractivity contribution is -0.129. The van der Waals surface area contributed by atoms with Crippen molar-refractivity contribution >= 4 is 24.2 Å². The molecule has 1 atom stereocenters. The number of hydrogen-bond acceptors (Lipinski definition) is 3. The lowest BCUT2D eigenvalue weighted by Gasteiger charge is -2.18. The summed E-state index contributed by atoms with van der Waals surface area (Å²) in [7, 11) is 0. The first-order chi connectivity index (χ1) is 18.2. The zero-order valence-corrected chi connectivity index (χ0v) is 26.3. The summed E-state index contributed by atoms with van der Waals surface area (Å²) in [5.41, 5.74) is 5.62. The second-order valence-electron chi connectivity index (χ2n) is 11.2. The number of nitrogens with two attached hydrogens (primary N) is 1. The molecule has 0 saturated carbocycles. The smallest absolute Gasteiger partial charge is 0.242 e. The summed E-state index contributed by atoms with van der Waals surface area (Å²) in [6.45, 7) is 5.82. The number of carbonyl (C=O) groups is 2. The fraction of sp³-hybridized carbons (Fsp3) is 0.938. The highest BCUT2D eigenvalue weighted by Gasteiger charge is 2.19. The summed E-state index contributed by atoms with van der Waals surface area (Å²) in [6.07, 6.45) is 30.0. The molecule has 4 N–H and O–H groups in total. The summed E-state index contributed by atoms with van der Waals surface area (Å²) >= 11 is 0. The second kappa shape index (κ2) is 32.4. The Morgan fingerprint density at radius 2 is 1.00 bits per heavy atom.